The van der Waals surface area contributed by atoms with E-state index in [1.807, 2.05) is 42.7 Å². The van der Waals surface area contributed by atoms with Crippen molar-refractivity contribution in [2.45, 2.75) is 94.8 Å². The Balaban J connectivity index is 0.00000180. The molecular formula is C37H49N2O11S3+. The molecule has 1 unspecified atom stereocenters. The second-order valence-corrected chi connectivity index (χ2v) is 17.2. The highest BCUT2D eigenvalue weighted by Crippen LogP contribution is 2.50. The van der Waals surface area contributed by atoms with E-state index in [-0.39, 0.29) is 29.7 Å². The van der Waals surface area contributed by atoms with Crippen LogP contribution in [0.2, 0.25) is 0 Å². The molecule has 2 aliphatic rings. The van der Waals surface area contributed by atoms with E-state index in [1.165, 1.54) is 29.1 Å². The maximum Gasteiger partial charge on any atom is 0.425 e. The molecule has 0 spiro atoms. The summed E-state index contributed by atoms with van der Waals surface area (Å²) in [5.41, 5.74) is 4.92. The third-order valence-electron chi connectivity index (χ3n) is 9.62. The predicted molar refractivity (Wildman–Crippen MR) is 203 cm³/mol. The van der Waals surface area contributed by atoms with Crippen molar-refractivity contribution in [3.05, 3.63) is 89.7 Å². The molecule has 3 N–H and O–H groups in total. The quantitative estimate of drug-likeness (QED) is 0.0710. The van der Waals surface area contributed by atoms with Gasteiger partial charge in [-0.25, -0.2) is 0 Å². The van der Waals surface area contributed by atoms with E-state index in [2.05, 4.69) is 49.1 Å². The number of fused-ring (bicyclic) bond motifs is 2. The molecule has 0 fully saturated rings. The minimum Gasteiger partial charge on any atom is -0.481 e. The standard InChI is InChI=1S/C37H48N2O8S2.O3S/c1-5-6-24-39-31-17-13-12-16-29(31)37(4,23-14-8-11-20-35(40)41)34(39)19-10-7-9-18-33-36(2,3)30-27-28(49(45,46)47)21-22-32(30)38(33)25-15-26-48(42,43)44;1-4(2)3/h7,9-10,12-13,16-19,21-22,27H,5-6,8,11,14-15,20,23-26H2,1-4H3,(H2-,40,41,42,43,44,45,46,47);/p+1. The Morgan fingerprint density at radius 2 is 1.57 bits per heavy atom. The van der Waals surface area contributed by atoms with Gasteiger partial charge in [-0.15, -0.1) is 12.6 Å². The van der Waals surface area contributed by atoms with Crippen LogP contribution in [0, 0.1) is 0 Å². The molecule has 0 bridgehead atoms. The van der Waals surface area contributed by atoms with E-state index < -0.39 is 48.0 Å². The van der Waals surface area contributed by atoms with Gasteiger partial charge in [-0.05, 0) is 69.9 Å². The largest absolute Gasteiger partial charge is 0.481 e. The topological polar surface area (TPSA) is 203 Å². The summed E-state index contributed by atoms with van der Waals surface area (Å²) in [7, 11) is -11.7. The summed E-state index contributed by atoms with van der Waals surface area (Å²) in [6.45, 7) is 9.47. The number of benzene rings is 2. The smallest absolute Gasteiger partial charge is 0.425 e. The van der Waals surface area contributed by atoms with Gasteiger partial charge in [-0.3, -0.25) is 13.9 Å². The molecule has 2 aromatic carbocycles. The lowest BCUT2D eigenvalue weighted by atomic mass is 9.77. The molecule has 0 radical (unpaired) electrons. The van der Waals surface area contributed by atoms with Crippen LogP contribution in [0.5, 0.6) is 0 Å². The van der Waals surface area contributed by atoms with Crippen molar-refractivity contribution in [1.82, 2.24) is 0 Å². The number of hydrogen-bond donors (Lipinski definition) is 3. The predicted octanol–water partition coefficient (Wildman–Crippen LogP) is 6.19. The Hall–Kier alpha value is -3.96. The number of rotatable bonds is 17. The van der Waals surface area contributed by atoms with E-state index in [9.17, 15) is 30.7 Å². The number of allylic oxidation sites excluding steroid dienone is 6. The number of carboxylic acid groups (broad SMARTS) is 1. The van der Waals surface area contributed by atoms with Crippen LogP contribution in [-0.2, 0) is 46.5 Å². The Bertz CT molecular complexity index is 2110. The van der Waals surface area contributed by atoms with Crippen molar-refractivity contribution in [2.75, 3.05) is 23.7 Å². The molecule has 0 aromatic heterocycles. The molecule has 0 saturated carbocycles. The maximum atomic E-state index is 11.9. The average molecular weight is 794 g/mol. The lowest BCUT2D eigenvalue weighted by Gasteiger charge is -2.30. The average Bonchev–Trinajstić information content (AvgIpc) is 3.41. The van der Waals surface area contributed by atoms with Crippen LogP contribution in [0.15, 0.2) is 83.4 Å². The third kappa shape index (κ3) is 11.5. The minimum atomic E-state index is -4.43. The second kappa shape index (κ2) is 18.4. The monoisotopic (exact) mass is 793 g/mol. The molecular weight excluding hydrogens is 745 g/mol. The van der Waals surface area contributed by atoms with Crippen LogP contribution in [-0.4, -0.2) is 78.8 Å². The SMILES string of the molecule is CCCCN1C(=CC=CC=CC2=[N+](CCCS(=O)(=O)O)c3ccc(S(=O)(=O)O)cc3C2(C)C)C(C)(CCCCCC(=O)O)c2ccccc21.O=S(=O)=O. The van der Waals surface area contributed by atoms with Gasteiger partial charge in [-0.2, -0.15) is 21.4 Å². The van der Waals surface area contributed by atoms with E-state index in [4.69, 9.17) is 17.7 Å². The van der Waals surface area contributed by atoms with Gasteiger partial charge in [-0.1, -0.05) is 62.6 Å². The number of hydrogen-bond acceptors (Lipinski definition) is 9. The first-order valence-corrected chi connectivity index (χ1v) is 21.4. The van der Waals surface area contributed by atoms with Crippen LogP contribution in [0.4, 0.5) is 11.4 Å². The molecule has 13 nitrogen and oxygen atoms in total. The number of aliphatic carboxylic acids is 1. The number of anilines is 1. The summed E-state index contributed by atoms with van der Waals surface area (Å²) in [5, 5.41) is 9.08. The van der Waals surface area contributed by atoms with Gasteiger partial charge in [0.05, 0.1) is 16.1 Å². The Morgan fingerprint density at radius 1 is 0.887 bits per heavy atom. The third-order valence-corrected chi connectivity index (χ3v) is 11.3. The summed E-state index contributed by atoms with van der Waals surface area (Å²) in [6, 6.07) is 12.9. The molecule has 290 valence electrons. The van der Waals surface area contributed by atoms with Crippen LogP contribution in [0.3, 0.4) is 0 Å². The molecule has 0 amide bonds. The number of para-hydroxylation sites is 1. The van der Waals surface area contributed by atoms with Gasteiger partial charge in [0.2, 0.25) is 5.69 Å². The van der Waals surface area contributed by atoms with E-state index in [0.717, 1.165) is 44.4 Å². The summed E-state index contributed by atoms with van der Waals surface area (Å²) in [6.07, 6.45) is 15.6. The fraction of sp³-hybridized carbons (Fsp3) is 0.459. The minimum absolute atomic E-state index is 0.150. The normalized spacial score (nSPS) is 18.8. The molecule has 16 heteroatoms. The second-order valence-electron chi connectivity index (χ2n) is 13.8. The Labute approximate surface area is 314 Å². The lowest BCUT2D eigenvalue weighted by molar-refractivity contribution is -0.437. The zero-order valence-electron chi connectivity index (χ0n) is 30.4. The molecule has 0 aliphatic carbocycles. The van der Waals surface area contributed by atoms with Gasteiger partial charge in [0, 0.05) is 53.9 Å². The molecule has 0 saturated heterocycles. The van der Waals surface area contributed by atoms with Crippen molar-refractivity contribution in [3.63, 3.8) is 0 Å². The lowest BCUT2D eigenvalue weighted by Crippen LogP contribution is -2.29. The van der Waals surface area contributed by atoms with Crippen molar-refractivity contribution >= 4 is 53.9 Å². The van der Waals surface area contributed by atoms with Crippen molar-refractivity contribution in [3.8, 4) is 0 Å². The van der Waals surface area contributed by atoms with Crippen molar-refractivity contribution in [2.24, 2.45) is 0 Å². The van der Waals surface area contributed by atoms with Crippen LogP contribution in [0.25, 0.3) is 0 Å². The highest BCUT2D eigenvalue weighted by atomic mass is 32.2. The fourth-order valence-electron chi connectivity index (χ4n) is 7.09. The van der Waals surface area contributed by atoms with Crippen LogP contribution in [0.1, 0.15) is 90.2 Å². The number of carboxylic acids is 1. The number of nitrogens with zero attached hydrogens (tertiary/aromatic N) is 2. The van der Waals surface area contributed by atoms with E-state index >= 15 is 0 Å². The van der Waals surface area contributed by atoms with Gasteiger partial charge in [0.1, 0.15) is 6.54 Å². The fourth-order valence-corrected chi connectivity index (χ4v) is 8.09. The maximum absolute atomic E-state index is 11.9. The van der Waals surface area contributed by atoms with Gasteiger partial charge < -0.3 is 10.0 Å². The van der Waals surface area contributed by atoms with E-state index in [0.29, 0.717) is 17.7 Å². The zero-order valence-corrected chi connectivity index (χ0v) is 32.9. The number of unbranched alkanes of at least 4 members (excludes halogenated alkanes) is 3. The van der Waals surface area contributed by atoms with Gasteiger partial charge in [0.25, 0.3) is 20.2 Å². The Morgan fingerprint density at radius 3 is 2.19 bits per heavy atom. The molecule has 2 aromatic rings. The summed E-state index contributed by atoms with van der Waals surface area (Å²) < 4.78 is 93.1. The molecule has 2 heterocycles. The molecule has 2 aliphatic heterocycles. The molecule has 4 rings (SSSR count). The molecule has 53 heavy (non-hydrogen) atoms. The van der Waals surface area contributed by atoms with Gasteiger partial charge >= 0.3 is 16.6 Å². The van der Waals surface area contributed by atoms with E-state index in [1.54, 1.807) is 6.07 Å². The first kappa shape index (κ1) is 43.4. The zero-order chi connectivity index (χ0) is 39.6. The summed E-state index contributed by atoms with van der Waals surface area (Å²) >= 11 is 0. The highest BCUT2D eigenvalue weighted by Gasteiger charge is 2.45. The Kier molecular flexibility index (Phi) is 15.1. The highest BCUT2D eigenvalue weighted by molar-refractivity contribution is 7.86. The number of carbonyl (C=O) groups is 1. The van der Waals surface area contributed by atoms with Crippen molar-refractivity contribution < 1.29 is 53.0 Å². The van der Waals surface area contributed by atoms with Crippen LogP contribution >= 0.6 is 0 Å². The first-order chi connectivity index (χ1) is 24.7. The first-order valence-electron chi connectivity index (χ1n) is 17.4. The van der Waals surface area contributed by atoms with Crippen LogP contribution < -0.4 is 4.90 Å². The van der Waals surface area contributed by atoms with Crippen molar-refractivity contribution in [1.29, 1.82) is 0 Å². The summed E-state index contributed by atoms with van der Waals surface area (Å²) in [4.78, 5) is 13.2. The summed E-state index contributed by atoms with van der Waals surface area (Å²) in [5.74, 6) is -1.18. The molecule has 1 atom stereocenters. The van der Waals surface area contributed by atoms with Gasteiger partial charge in [0.15, 0.2) is 5.71 Å².